The first-order valence-corrected chi connectivity index (χ1v) is 20.5. The molecule has 2 heterocycles. The molecule has 0 aliphatic carbocycles. The van der Waals surface area contributed by atoms with Crippen LogP contribution in [0.5, 0.6) is 0 Å². The summed E-state index contributed by atoms with van der Waals surface area (Å²) in [6.07, 6.45) is -0.133. The first-order valence-electron chi connectivity index (χ1n) is 18.4. The van der Waals surface area contributed by atoms with Crippen molar-refractivity contribution in [3.63, 3.8) is 0 Å². The molecule has 0 radical (unpaired) electrons. The second-order valence-electron chi connectivity index (χ2n) is 13.7. The summed E-state index contributed by atoms with van der Waals surface area (Å²) in [5.74, 6) is 0. The lowest BCUT2D eigenvalue weighted by atomic mass is 9.79. The third kappa shape index (κ3) is 7.22. The van der Waals surface area contributed by atoms with E-state index >= 15 is 0 Å². The molecule has 7 nitrogen and oxygen atoms in total. The molecule has 1 aliphatic heterocycles. The van der Waals surface area contributed by atoms with E-state index in [9.17, 15) is 9.59 Å². The van der Waals surface area contributed by atoms with Gasteiger partial charge in [-0.3, -0.25) is 9.36 Å². The Balaban J connectivity index is 1.26. The van der Waals surface area contributed by atoms with Crippen LogP contribution < -0.4 is 11.2 Å². The van der Waals surface area contributed by atoms with Crippen molar-refractivity contribution in [2.45, 2.75) is 36.1 Å². The van der Waals surface area contributed by atoms with Crippen LogP contribution in [0, 0.1) is 3.57 Å². The molecule has 280 valence electrons. The molecule has 0 bridgehead atoms. The molecule has 0 amide bonds. The van der Waals surface area contributed by atoms with Crippen LogP contribution in [0.3, 0.4) is 0 Å². The van der Waals surface area contributed by atoms with Crippen LogP contribution in [0.25, 0.3) is 0 Å². The van der Waals surface area contributed by atoms with Crippen LogP contribution in [-0.4, -0.2) is 26.2 Å². The topological polar surface area (TPSA) is 71.7 Å². The molecule has 1 aromatic heterocycles. The van der Waals surface area contributed by atoms with Crippen LogP contribution in [0.2, 0.25) is 0 Å². The normalized spacial score (nSPS) is 17.1. The van der Waals surface area contributed by atoms with Crippen LogP contribution >= 0.6 is 45.5 Å². The summed E-state index contributed by atoms with van der Waals surface area (Å²) in [7, 11) is 0. The summed E-state index contributed by atoms with van der Waals surface area (Å²) in [5, 5.41) is 0. The lowest BCUT2D eigenvalue weighted by Crippen LogP contribution is -2.43. The molecule has 6 aromatic carbocycles. The third-order valence-electron chi connectivity index (χ3n) is 10.3. The fourth-order valence-corrected chi connectivity index (χ4v) is 9.32. The molecule has 0 unspecified atom stereocenters. The van der Waals surface area contributed by atoms with Crippen molar-refractivity contribution in [3.8, 4) is 0 Å². The molecular formula is C47H38I2N2O5. The first kappa shape index (κ1) is 38.2. The minimum absolute atomic E-state index is 0.166. The molecule has 8 rings (SSSR count). The Bertz CT molecular complexity index is 2290. The average Bonchev–Trinajstić information content (AvgIpc) is 3.67. The van der Waals surface area contributed by atoms with E-state index < -0.39 is 35.3 Å². The molecular weight excluding hydrogens is 926 g/mol. The summed E-state index contributed by atoms with van der Waals surface area (Å²) in [6.45, 7) is 0.166. The number of ether oxygens (including phenoxy) is 3. The molecule has 1 aliphatic rings. The van der Waals surface area contributed by atoms with Crippen molar-refractivity contribution in [3.05, 3.63) is 246 Å². The Morgan fingerprint density at radius 2 is 0.929 bits per heavy atom. The Kier molecular flexibility index (Phi) is 11.5. The van der Waals surface area contributed by atoms with Crippen LogP contribution in [-0.2, 0) is 25.4 Å². The molecule has 3 atom stereocenters. The minimum Gasteiger partial charge on any atom is -0.358 e. The Morgan fingerprint density at radius 1 is 0.571 bits per heavy atom. The molecule has 1 fully saturated rings. The number of hydrogen-bond donors (Lipinski definition) is 0. The molecule has 1 saturated heterocycles. The highest BCUT2D eigenvalue weighted by molar-refractivity contribution is 14.1. The van der Waals surface area contributed by atoms with Gasteiger partial charge < -0.3 is 14.2 Å². The molecule has 7 aromatic rings. The monoisotopic (exact) mass is 964 g/mol. The maximum absolute atomic E-state index is 14.0. The lowest BCUT2D eigenvalue weighted by Gasteiger charge is -2.39. The first-order chi connectivity index (χ1) is 27.4. The Hall–Kier alpha value is -4.66. The predicted molar refractivity (Wildman–Crippen MR) is 235 cm³/mol. The summed E-state index contributed by atoms with van der Waals surface area (Å²) in [5.41, 5.74) is 2.72. The van der Waals surface area contributed by atoms with Crippen molar-refractivity contribution >= 4 is 45.5 Å². The zero-order valence-corrected chi connectivity index (χ0v) is 34.6. The van der Waals surface area contributed by atoms with Gasteiger partial charge in [0.1, 0.15) is 17.3 Å². The van der Waals surface area contributed by atoms with E-state index in [1.165, 1.54) is 4.57 Å². The quantitative estimate of drug-likeness (QED) is 0.0902. The van der Waals surface area contributed by atoms with E-state index in [0.29, 0.717) is 9.99 Å². The van der Waals surface area contributed by atoms with E-state index in [4.69, 9.17) is 14.2 Å². The molecule has 0 N–H and O–H groups in total. The SMILES string of the molecule is O=c1c(I)cn([C@@H]2O[C@H](COC(c3ccccc3)(c3ccccc3)c3ccccc3)C[C@H]2OC(c2ccccc2)(c2ccccc2)c2ccccc2)c(=O)n1I. The molecule has 9 heteroatoms. The van der Waals surface area contributed by atoms with Gasteiger partial charge in [-0.1, -0.05) is 182 Å². The fraction of sp³-hybridized carbons (Fsp3) is 0.149. The maximum atomic E-state index is 14.0. The number of rotatable bonds is 12. The molecule has 56 heavy (non-hydrogen) atoms. The van der Waals surface area contributed by atoms with Crippen molar-refractivity contribution in [1.82, 2.24) is 7.35 Å². The number of nitrogens with zero attached hydrogens (tertiary/aromatic N) is 2. The highest BCUT2D eigenvalue weighted by Gasteiger charge is 2.48. The van der Waals surface area contributed by atoms with E-state index in [2.05, 4.69) is 72.8 Å². The van der Waals surface area contributed by atoms with Gasteiger partial charge in [0, 0.05) is 12.6 Å². The van der Waals surface area contributed by atoms with Gasteiger partial charge in [-0.25, -0.2) is 4.79 Å². The van der Waals surface area contributed by atoms with E-state index in [1.54, 1.807) is 29.1 Å². The Labute approximate surface area is 353 Å². The average molecular weight is 965 g/mol. The van der Waals surface area contributed by atoms with E-state index in [1.807, 2.05) is 132 Å². The van der Waals surface area contributed by atoms with Gasteiger partial charge in [0.2, 0.25) is 0 Å². The smallest absolute Gasteiger partial charge is 0.342 e. The van der Waals surface area contributed by atoms with Crippen molar-refractivity contribution < 1.29 is 14.2 Å². The summed E-state index contributed by atoms with van der Waals surface area (Å²) < 4.78 is 24.7. The zero-order valence-electron chi connectivity index (χ0n) is 30.2. The van der Waals surface area contributed by atoms with Gasteiger partial charge in [0.25, 0.3) is 5.56 Å². The lowest BCUT2D eigenvalue weighted by molar-refractivity contribution is -0.119. The number of benzene rings is 6. The Morgan fingerprint density at radius 3 is 1.30 bits per heavy atom. The largest absolute Gasteiger partial charge is 0.358 e. The third-order valence-corrected chi connectivity index (χ3v) is 11.9. The van der Waals surface area contributed by atoms with Crippen LogP contribution in [0.15, 0.2) is 198 Å². The van der Waals surface area contributed by atoms with Gasteiger partial charge >= 0.3 is 5.69 Å². The van der Waals surface area contributed by atoms with Crippen molar-refractivity contribution in [2.24, 2.45) is 0 Å². The minimum atomic E-state index is -1.09. The summed E-state index contributed by atoms with van der Waals surface area (Å²) in [6, 6.07) is 61.1. The van der Waals surface area contributed by atoms with Crippen LogP contribution in [0.1, 0.15) is 46.0 Å². The van der Waals surface area contributed by atoms with Crippen molar-refractivity contribution in [2.75, 3.05) is 6.61 Å². The number of hydrogen-bond acceptors (Lipinski definition) is 5. The number of halogens is 2. The van der Waals surface area contributed by atoms with Gasteiger partial charge in [-0.15, -0.1) is 0 Å². The highest BCUT2D eigenvalue weighted by atomic mass is 127. The van der Waals surface area contributed by atoms with Gasteiger partial charge in [0.05, 0.1) is 39.1 Å². The van der Waals surface area contributed by atoms with Gasteiger partial charge in [-0.2, -0.15) is 2.78 Å². The van der Waals surface area contributed by atoms with Crippen molar-refractivity contribution in [1.29, 1.82) is 0 Å². The standard InChI is InChI=1S/C47H38I2N2O5/c48-41-32-50(45(53)51(49)43(41)52)44-42(56-47(37-25-13-4-14-26-37,38-27-15-5-16-28-38)39-29-17-6-18-30-39)31-40(55-44)33-54-46(34-19-7-1-8-20-34,35-21-9-2-10-22-35)36-23-11-3-12-24-36/h1-30,32,40,42,44H,31,33H2/t40-,42+,44+/m0/s1. The second-order valence-corrected chi connectivity index (χ2v) is 15.8. The van der Waals surface area contributed by atoms with Gasteiger partial charge in [0.15, 0.2) is 6.23 Å². The summed E-state index contributed by atoms with van der Waals surface area (Å²) in [4.78, 5) is 26.9. The van der Waals surface area contributed by atoms with E-state index in [0.717, 1.165) is 36.2 Å². The second kappa shape index (κ2) is 16.8. The maximum Gasteiger partial charge on any atom is 0.342 e. The summed E-state index contributed by atoms with van der Waals surface area (Å²) >= 11 is 3.74. The number of aromatic nitrogens is 2. The van der Waals surface area contributed by atoms with E-state index in [-0.39, 0.29) is 12.2 Å². The van der Waals surface area contributed by atoms with Crippen LogP contribution in [0.4, 0.5) is 0 Å². The zero-order chi connectivity index (χ0) is 38.5. The predicted octanol–water partition coefficient (Wildman–Crippen LogP) is 9.49. The molecule has 0 saturated carbocycles. The molecule has 0 spiro atoms. The van der Waals surface area contributed by atoms with Gasteiger partial charge in [-0.05, 0) is 56.0 Å². The fourth-order valence-electron chi connectivity index (χ4n) is 7.81. The highest BCUT2D eigenvalue weighted by Crippen LogP contribution is 2.46.